The van der Waals surface area contributed by atoms with E-state index < -0.39 is 15.8 Å². The smallest absolute Gasteiger partial charge is 0.262 e. The second kappa shape index (κ2) is 6.47. The van der Waals surface area contributed by atoms with Gasteiger partial charge in [0.15, 0.2) is 0 Å². The molecule has 2 rings (SSSR count). The molecule has 0 aliphatic heterocycles. The first-order valence-electron chi connectivity index (χ1n) is 5.80. The van der Waals surface area contributed by atoms with Crippen molar-refractivity contribution in [2.75, 3.05) is 4.72 Å². The van der Waals surface area contributed by atoms with Crippen LogP contribution in [0.4, 0.5) is 10.1 Å². The second-order valence-corrected chi connectivity index (χ2v) is 7.49. The fourth-order valence-electron chi connectivity index (χ4n) is 1.72. The highest BCUT2D eigenvalue weighted by Crippen LogP contribution is 2.27. The lowest BCUT2D eigenvalue weighted by molar-refractivity contribution is 0.593. The number of hydrogen-bond acceptors (Lipinski definition) is 3. The minimum Gasteiger partial charge on any atom is -0.326 e. The van der Waals surface area contributed by atoms with Crippen LogP contribution in [0.1, 0.15) is 5.56 Å². The Morgan fingerprint density at radius 3 is 2.57 bits per heavy atom. The molecule has 0 heterocycles. The van der Waals surface area contributed by atoms with Crippen LogP contribution in [0.3, 0.4) is 0 Å². The van der Waals surface area contributed by atoms with Crippen LogP contribution in [0.25, 0.3) is 0 Å². The van der Waals surface area contributed by atoms with E-state index in [-0.39, 0.29) is 22.2 Å². The maximum atomic E-state index is 13.3. The van der Waals surface area contributed by atoms with E-state index in [1.807, 2.05) is 0 Å². The highest BCUT2D eigenvalue weighted by Gasteiger charge is 2.20. The molecule has 0 saturated heterocycles. The SMILES string of the molecule is NCc1ccc(F)cc1S(=O)(=O)Nc1ccc(I)cc1Cl. The van der Waals surface area contributed by atoms with Gasteiger partial charge in [0, 0.05) is 10.1 Å². The Bertz CT molecular complexity index is 784. The van der Waals surface area contributed by atoms with Gasteiger partial charge in [0.1, 0.15) is 5.82 Å². The highest BCUT2D eigenvalue weighted by molar-refractivity contribution is 14.1. The molecule has 112 valence electrons. The minimum absolute atomic E-state index is 0.0169. The van der Waals surface area contributed by atoms with Gasteiger partial charge in [0.05, 0.1) is 15.6 Å². The molecule has 2 aromatic carbocycles. The quantitative estimate of drug-likeness (QED) is 0.716. The van der Waals surface area contributed by atoms with Gasteiger partial charge >= 0.3 is 0 Å². The summed E-state index contributed by atoms with van der Waals surface area (Å²) in [5.74, 6) is -0.652. The number of benzene rings is 2. The van der Waals surface area contributed by atoms with Gasteiger partial charge in [-0.1, -0.05) is 17.7 Å². The molecule has 8 heteroatoms. The number of sulfonamides is 1. The molecule has 0 aromatic heterocycles. The monoisotopic (exact) mass is 440 g/mol. The Morgan fingerprint density at radius 1 is 1.24 bits per heavy atom. The van der Waals surface area contributed by atoms with Gasteiger partial charge in [-0.05, 0) is 58.5 Å². The number of anilines is 1. The third kappa shape index (κ3) is 3.85. The van der Waals surface area contributed by atoms with Crippen LogP contribution in [0.15, 0.2) is 41.3 Å². The molecule has 0 amide bonds. The molecule has 21 heavy (non-hydrogen) atoms. The summed E-state index contributed by atoms with van der Waals surface area (Å²) in [6.45, 7) is -0.0169. The topological polar surface area (TPSA) is 72.2 Å². The van der Waals surface area contributed by atoms with Crippen molar-refractivity contribution in [3.05, 3.63) is 56.4 Å². The van der Waals surface area contributed by atoms with Gasteiger partial charge in [0.25, 0.3) is 10.0 Å². The van der Waals surface area contributed by atoms with Crippen LogP contribution in [-0.4, -0.2) is 8.42 Å². The van der Waals surface area contributed by atoms with Crippen molar-refractivity contribution in [3.63, 3.8) is 0 Å². The van der Waals surface area contributed by atoms with E-state index in [2.05, 4.69) is 27.3 Å². The van der Waals surface area contributed by atoms with Gasteiger partial charge < -0.3 is 5.73 Å². The minimum atomic E-state index is -3.97. The van der Waals surface area contributed by atoms with Crippen LogP contribution in [-0.2, 0) is 16.6 Å². The summed E-state index contributed by atoms with van der Waals surface area (Å²) in [5, 5.41) is 0.260. The van der Waals surface area contributed by atoms with Gasteiger partial charge in [-0.25, -0.2) is 12.8 Å². The van der Waals surface area contributed by atoms with Gasteiger partial charge in [0.2, 0.25) is 0 Å². The normalized spacial score (nSPS) is 11.4. The summed E-state index contributed by atoms with van der Waals surface area (Å²) < 4.78 is 41.3. The first kappa shape index (κ1) is 16.5. The Morgan fingerprint density at radius 2 is 1.95 bits per heavy atom. The molecule has 0 aliphatic rings. The fraction of sp³-hybridized carbons (Fsp3) is 0.0769. The van der Waals surface area contributed by atoms with Crippen molar-refractivity contribution in [1.29, 1.82) is 0 Å². The van der Waals surface area contributed by atoms with E-state index in [0.717, 1.165) is 9.64 Å². The molecular weight excluding hydrogens is 430 g/mol. The molecule has 0 spiro atoms. The van der Waals surface area contributed by atoms with E-state index in [1.165, 1.54) is 12.1 Å². The average molecular weight is 441 g/mol. The van der Waals surface area contributed by atoms with Crippen molar-refractivity contribution in [1.82, 2.24) is 0 Å². The molecule has 0 bridgehead atoms. The van der Waals surface area contributed by atoms with Crippen molar-refractivity contribution >= 4 is 49.9 Å². The summed E-state index contributed by atoms with van der Waals surface area (Å²) in [4.78, 5) is -0.195. The first-order valence-corrected chi connectivity index (χ1v) is 8.74. The average Bonchev–Trinajstić information content (AvgIpc) is 2.42. The summed E-state index contributed by atoms with van der Waals surface area (Å²) in [6, 6.07) is 8.32. The van der Waals surface area contributed by atoms with Crippen LogP contribution in [0.2, 0.25) is 5.02 Å². The van der Waals surface area contributed by atoms with E-state index in [4.69, 9.17) is 17.3 Å². The number of nitrogens with two attached hydrogens (primary N) is 1. The zero-order chi connectivity index (χ0) is 15.6. The van der Waals surface area contributed by atoms with Crippen LogP contribution >= 0.6 is 34.2 Å². The van der Waals surface area contributed by atoms with Crippen LogP contribution in [0.5, 0.6) is 0 Å². The van der Waals surface area contributed by atoms with Crippen molar-refractivity contribution in [3.8, 4) is 0 Å². The van der Waals surface area contributed by atoms with Gasteiger partial charge in [-0.3, -0.25) is 4.72 Å². The Labute approximate surface area is 140 Å². The van der Waals surface area contributed by atoms with E-state index in [0.29, 0.717) is 5.56 Å². The maximum Gasteiger partial charge on any atom is 0.262 e. The number of nitrogens with one attached hydrogen (secondary N) is 1. The Hall–Kier alpha value is -0.900. The van der Waals surface area contributed by atoms with Crippen LogP contribution in [0, 0.1) is 9.39 Å². The predicted octanol–water partition coefficient (Wildman–Crippen LogP) is 3.34. The summed E-state index contributed by atoms with van der Waals surface area (Å²) in [6.07, 6.45) is 0. The molecule has 2 aromatic rings. The highest BCUT2D eigenvalue weighted by atomic mass is 127. The Kier molecular flexibility index (Phi) is 5.07. The zero-order valence-corrected chi connectivity index (χ0v) is 14.3. The summed E-state index contributed by atoms with van der Waals surface area (Å²) in [5.41, 5.74) is 6.05. The Balaban J connectivity index is 2.45. The molecule has 0 radical (unpaired) electrons. The van der Waals surface area contributed by atoms with E-state index in [9.17, 15) is 12.8 Å². The number of rotatable bonds is 4. The number of hydrogen-bond donors (Lipinski definition) is 2. The lowest BCUT2D eigenvalue weighted by atomic mass is 10.2. The molecule has 0 aliphatic carbocycles. The third-order valence-electron chi connectivity index (χ3n) is 2.71. The molecule has 0 unspecified atom stereocenters. The first-order chi connectivity index (χ1) is 9.83. The van der Waals surface area contributed by atoms with Crippen molar-refractivity contribution in [2.24, 2.45) is 5.73 Å². The van der Waals surface area contributed by atoms with Crippen LogP contribution < -0.4 is 10.5 Å². The van der Waals surface area contributed by atoms with E-state index in [1.54, 1.807) is 18.2 Å². The third-order valence-corrected chi connectivity index (χ3v) is 5.15. The van der Waals surface area contributed by atoms with Crippen molar-refractivity contribution < 1.29 is 12.8 Å². The number of halogens is 3. The fourth-order valence-corrected chi connectivity index (χ4v) is 4.02. The largest absolute Gasteiger partial charge is 0.326 e. The molecule has 4 nitrogen and oxygen atoms in total. The van der Waals surface area contributed by atoms with Crippen molar-refractivity contribution in [2.45, 2.75) is 11.4 Å². The standard InChI is InChI=1S/C13H11ClFIN2O2S/c14-11-6-10(16)3-4-12(11)18-21(19,20)13-5-9(15)2-1-8(13)7-17/h1-6,18H,7,17H2. The molecule has 0 saturated carbocycles. The molecular formula is C13H11ClFIN2O2S. The zero-order valence-electron chi connectivity index (χ0n) is 10.6. The van der Waals surface area contributed by atoms with Gasteiger partial charge in [-0.15, -0.1) is 0 Å². The van der Waals surface area contributed by atoms with Gasteiger partial charge in [-0.2, -0.15) is 0 Å². The molecule has 0 atom stereocenters. The molecule has 0 fully saturated rings. The lowest BCUT2D eigenvalue weighted by Gasteiger charge is -2.12. The lowest BCUT2D eigenvalue weighted by Crippen LogP contribution is -2.17. The summed E-state index contributed by atoms with van der Waals surface area (Å²) in [7, 11) is -3.97. The summed E-state index contributed by atoms with van der Waals surface area (Å²) >= 11 is 8.06. The maximum absolute atomic E-state index is 13.3. The predicted molar refractivity (Wildman–Crippen MR) is 89.3 cm³/mol. The second-order valence-electron chi connectivity index (χ2n) is 4.19. The van der Waals surface area contributed by atoms with E-state index >= 15 is 0 Å². The molecule has 3 N–H and O–H groups in total.